The minimum absolute atomic E-state index is 0.0614. The van der Waals surface area contributed by atoms with Crippen molar-refractivity contribution in [2.45, 2.75) is 12.8 Å². The number of carbonyl (C=O) groups excluding carboxylic acids is 2. The number of phenols is 2. The molecule has 0 radical (unpaired) electrons. The molecule has 0 heterocycles. The van der Waals surface area contributed by atoms with Gasteiger partial charge in [-0.2, -0.15) is 5.26 Å². The van der Waals surface area contributed by atoms with Gasteiger partial charge in [-0.15, -0.1) is 0 Å². The lowest BCUT2D eigenvalue weighted by molar-refractivity contribution is -0.111. The van der Waals surface area contributed by atoms with Gasteiger partial charge in [0.1, 0.15) is 17.1 Å². The first kappa shape index (κ1) is 20.8. The van der Waals surface area contributed by atoms with Gasteiger partial charge in [-0.1, -0.05) is 17.7 Å². The highest BCUT2D eigenvalue weighted by Crippen LogP contribution is 2.37. The predicted molar refractivity (Wildman–Crippen MR) is 103 cm³/mol. The Labute approximate surface area is 166 Å². The number of allylic oxidation sites excluding steroid dienone is 1. The average molecular weight is 401 g/mol. The van der Waals surface area contributed by atoms with Gasteiger partial charge in [0.05, 0.1) is 23.8 Å². The smallest absolute Gasteiger partial charge is 0.341 e. The average Bonchev–Trinajstić information content (AvgIpc) is 2.68. The fourth-order valence-electron chi connectivity index (χ4n) is 2.48. The quantitative estimate of drug-likeness (QED) is 0.504. The molecule has 0 unspecified atom stereocenters. The van der Waals surface area contributed by atoms with Crippen molar-refractivity contribution in [2.24, 2.45) is 0 Å². The number of esters is 1. The van der Waals surface area contributed by atoms with Crippen molar-refractivity contribution in [2.75, 3.05) is 12.4 Å². The number of rotatable bonds is 6. The monoisotopic (exact) mass is 400 g/mol. The van der Waals surface area contributed by atoms with Crippen molar-refractivity contribution in [1.82, 2.24) is 0 Å². The molecule has 8 heteroatoms. The molecule has 0 aliphatic heterocycles. The molecule has 1 amide bonds. The molecule has 144 valence electrons. The lowest BCUT2D eigenvalue weighted by Crippen LogP contribution is -2.08. The summed E-state index contributed by atoms with van der Waals surface area (Å²) in [7, 11) is 1.17. The standard InChI is InChI=1S/C20H17ClN2O5/c1-28-20(27)18-14(19(21)16(25)10-15(18)24)4-2-3-5-17(26)23-13-8-6-12(11-22)7-9-13/h3,5-10,24-25H,2,4H2,1H3,(H,23,26)/b5-3+. The van der Waals surface area contributed by atoms with Crippen molar-refractivity contribution in [1.29, 1.82) is 5.26 Å². The van der Waals surface area contributed by atoms with Gasteiger partial charge in [0.15, 0.2) is 0 Å². The first-order valence-corrected chi connectivity index (χ1v) is 8.54. The van der Waals surface area contributed by atoms with E-state index in [1.807, 2.05) is 6.07 Å². The summed E-state index contributed by atoms with van der Waals surface area (Å²) in [6.07, 6.45) is 3.38. The zero-order valence-electron chi connectivity index (χ0n) is 14.9. The number of benzene rings is 2. The third kappa shape index (κ3) is 5.02. The lowest BCUT2D eigenvalue weighted by Gasteiger charge is -2.12. The molecule has 0 saturated heterocycles. The van der Waals surface area contributed by atoms with E-state index in [2.05, 4.69) is 10.1 Å². The Balaban J connectivity index is 2.05. The van der Waals surface area contributed by atoms with Crippen LogP contribution in [0.2, 0.25) is 5.02 Å². The summed E-state index contributed by atoms with van der Waals surface area (Å²) in [6.45, 7) is 0. The highest BCUT2D eigenvalue weighted by molar-refractivity contribution is 6.33. The number of nitrogens with zero attached hydrogens (tertiary/aromatic N) is 1. The van der Waals surface area contributed by atoms with Gasteiger partial charge in [-0.3, -0.25) is 4.79 Å². The fraction of sp³-hybridized carbons (Fsp3) is 0.150. The second-order valence-corrected chi connectivity index (χ2v) is 6.07. The maximum absolute atomic E-state index is 11.9. The third-order valence-electron chi connectivity index (χ3n) is 3.82. The second-order valence-electron chi connectivity index (χ2n) is 5.69. The summed E-state index contributed by atoms with van der Waals surface area (Å²) in [4.78, 5) is 23.8. The molecule has 2 rings (SSSR count). The summed E-state index contributed by atoms with van der Waals surface area (Å²) in [5.74, 6) is -1.95. The number of ether oxygens (including phenoxy) is 1. The minimum Gasteiger partial charge on any atom is -0.507 e. The Bertz CT molecular complexity index is 962. The van der Waals surface area contributed by atoms with Crippen LogP contribution in [0.3, 0.4) is 0 Å². The second kappa shape index (κ2) is 9.44. The number of methoxy groups -OCH3 is 1. The molecule has 2 aromatic rings. The van der Waals surface area contributed by atoms with Crippen molar-refractivity contribution >= 4 is 29.2 Å². The van der Waals surface area contributed by atoms with Crippen molar-refractivity contribution in [3.8, 4) is 17.6 Å². The van der Waals surface area contributed by atoms with Crippen LogP contribution in [-0.4, -0.2) is 29.2 Å². The van der Waals surface area contributed by atoms with Crippen molar-refractivity contribution < 1.29 is 24.5 Å². The molecular formula is C20H17ClN2O5. The van der Waals surface area contributed by atoms with Crippen LogP contribution in [0.1, 0.15) is 27.9 Å². The maximum atomic E-state index is 11.9. The molecule has 0 aromatic heterocycles. The molecule has 0 fully saturated rings. The van der Waals surface area contributed by atoms with Gasteiger partial charge in [0, 0.05) is 11.8 Å². The van der Waals surface area contributed by atoms with E-state index in [-0.39, 0.29) is 34.2 Å². The van der Waals surface area contributed by atoms with E-state index in [4.69, 9.17) is 16.9 Å². The SMILES string of the molecule is COC(=O)c1c(O)cc(O)c(Cl)c1CC/C=C/C(=O)Nc1ccc(C#N)cc1. The van der Waals surface area contributed by atoms with E-state index in [9.17, 15) is 19.8 Å². The number of carbonyl (C=O) groups is 2. The summed E-state index contributed by atoms with van der Waals surface area (Å²) >= 11 is 6.05. The zero-order valence-corrected chi connectivity index (χ0v) is 15.7. The van der Waals surface area contributed by atoms with Gasteiger partial charge >= 0.3 is 5.97 Å². The van der Waals surface area contributed by atoms with Gasteiger partial charge in [0.2, 0.25) is 5.91 Å². The number of anilines is 1. The highest BCUT2D eigenvalue weighted by Gasteiger charge is 2.22. The van der Waals surface area contributed by atoms with E-state index < -0.39 is 11.7 Å². The number of hydrogen-bond donors (Lipinski definition) is 3. The largest absolute Gasteiger partial charge is 0.507 e. The Morgan fingerprint density at radius 3 is 2.54 bits per heavy atom. The molecule has 28 heavy (non-hydrogen) atoms. The molecule has 0 bridgehead atoms. The Hall–Kier alpha value is -3.50. The van der Waals surface area contributed by atoms with E-state index in [1.165, 1.54) is 13.2 Å². The number of amides is 1. The van der Waals surface area contributed by atoms with Crippen LogP contribution >= 0.6 is 11.6 Å². The lowest BCUT2D eigenvalue weighted by atomic mass is 10.0. The van der Waals surface area contributed by atoms with Crippen molar-refractivity contribution in [3.63, 3.8) is 0 Å². The van der Waals surface area contributed by atoms with E-state index in [1.54, 1.807) is 30.3 Å². The van der Waals surface area contributed by atoms with Crippen LogP contribution in [0.15, 0.2) is 42.5 Å². The van der Waals surface area contributed by atoms with E-state index >= 15 is 0 Å². The van der Waals surface area contributed by atoms with E-state index in [0.717, 1.165) is 6.07 Å². The topological polar surface area (TPSA) is 120 Å². The molecule has 0 saturated carbocycles. The number of aromatic hydroxyl groups is 2. The predicted octanol–water partition coefficient (Wildman–Crippen LogP) is 3.54. The van der Waals surface area contributed by atoms with Crippen LogP contribution in [0.4, 0.5) is 5.69 Å². The molecule has 0 aliphatic rings. The number of nitrogens with one attached hydrogen (secondary N) is 1. The number of halogens is 1. The highest BCUT2D eigenvalue weighted by atomic mass is 35.5. The minimum atomic E-state index is -0.781. The van der Waals surface area contributed by atoms with Gasteiger partial charge in [-0.05, 0) is 48.7 Å². The van der Waals surface area contributed by atoms with Crippen LogP contribution < -0.4 is 5.32 Å². The van der Waals surface area contributed by atoms with Gasteiger partial charge in [-0.25, -0.2) is 4.79 Å². The summed E-state index contributed by atoms with van der Waals surface area (Å²) in [5, 5.41) is 31.0. The fourth-order valence-corrected chi connectivity index (χ4v) is 2.72. The molecule has 2 aromatic carbocycles. The van der Waals surface area contributed by atoms with Gasteiger partial charge in [0.25, 0.3) is 0 Å². The Kier molecular flexibility index (Phi) is 7.02. The van der Waals surface area contributed by atoms with Crippen LogP contribution in [0.25, 0.3) is 0 Å². The van der Waals surface area contributed by atoms with Crippen LogP contribution in [0.5, 0.6) is 11.5 Å². The molecule has 0 spiro atoms. The normalized spacial score (nSPS) is 10.5. The Morgan fingerprint density at radius 1 is 1.25 bits per heavy atom. The Morgan fingerprint density at radius 2 is 1.93 bits per heavy atom. The molecular weight excluding hydrogens is 384 g/mol. The maximum Gasteiger partial charge on any atom is 0.341 e. The molecule has 0 atom stereocenters. The molecule has 0 aliphatic carbocycles. The zero-order chi connectivity index (χ0) is 20.7. The number of phenolic OH excluding ortho intramolecular Hbond substituents is 2. The number of hydrogen-bond acceptors (Lipinski definition) is 6. The van der Waals surface area contributed by atoms with Gasteiger partial charge < -0.3 is 20.3 Å². The first-order valence-electron chi connectivity index (χ1n) is 8.16. The summed E-state index contributed by atoms with van der Waals surface area (Å²) in [6, 6.07) is 9.36. The summed E-state index contributed by atoms with van der Waals surface area (Å²) in [5.41, 5.74) is 1.13. The summed E-state index contributed by atoms with van der Waals surface area (Å²) < 4.78 is 4.64. The first-order chi connectivity index (χ1) is 13.4. The third-order valence-corrected chi connectivity index (χ3v) is 4.24. The van der Waals surface area contributed by atoms with E-state index in [0.29, 0.717) is 17.7 Å². The van der Waals surface area contributed by atoms with Crippen molar-refractivity contribution in [3.05, 3.63) is 64.2 Å². The van der Waals surface area contributed by atoms with Crippen LogP contribution in [0, 0.1) is 11.3 Å². The molecule has 7 nitrogen and oxygen atoms in total. The molecule has 3 N–H and O–H groups in total. The number of nitriles is 1. The van der Waals surface area contributed by atoms with Crippen LogP contribution in [-0.2, 0) is 16.0 Å².